The van der Waals surface area contributed by atoms with Gasteiger partial charge in [0.2, 0.25) is 0 Å². The van der Waals surface area contributed by atoms with E-state index in [-0.39, 0.29) is 5.78 Å². The Balaban J connectivity index is 1.70. The van der Waals surface area contributed by atoms with Gasteiger partial charge in [0, 0.05) is 21.5 Å². The SMILES string of the molecule is O=C(c1ccc(Cl)cc1)c1ccc2nc(Cl)cc(CCc3ccccc3)c2c1. The van der Waals surface area contributed by atoms with Gasteiger partial charge in [-0.3, -0.25) is 4.79 Å². The molecule has 1 aromatic heterocycles. The number of aryl methyl sites for hydroxylation is 2. The third kappa shape index (κ3) is 4.09. The first-order valence-electron chi connectivity index (χ1n) is 9.03. The molecule has 2 nitrogen and oxygen atoms in total. The van der Waals surface area contributed by atoms with Crippen molar-refractivity contribution in [2.45, 2.75) is 12.8 Å². The van der Waals surface area contributed by atoms with Crippen LogP contribution in [0.5, 0.6) is 0 Å². The summed E-state index contributed by atoms with van der Waals surface area (Å²) < 4.78 is 0. The Kier molecular flexibility index (Phi) is 5.43. The Labute approximate surface area is 173 Å². The van der Waals surface area contributed by atoms with Gasteiger partial charge in [-0.25, -0.2) is 4.98 Å². The van der Waals surface area contributed by atoms with Crippen LogP contribution < -0.4 is 0 Å². The summed E-state index contributed by atoms with van der Waals surface area (Å²) in [4.78, 5) is 17.3. The van der Waals surface area contributed by atoms with Gasteiger partial charge >= 0.3 is 0 Å². The Hall–Kier alpha value is -2.68. The van der Waals surface area contributed by atoms with Gasteiger partial charge in [-0.2, -0.15) is 0 Å². The van der Waals surface area contributed by atoms with Crippen molar-refractivity contribution in [2.75, 3.05) is 0 Å². The largest absolute Gasteiger partial charge is 0.289 e. The molecule has 0 bridgehead atoms. The summed E-state index contributed by atoms with van der Waals surface area (Å²) in [6.45, 7) is 0. The standard InChI is InChI=1S/C24H17Cl2NO/c25-20-11-8-17(9-12-20)24(28)19-10-13-22-21(14-19)18(15-23(26)27-22)7-6-16-4-2-1-3-5-16/h1-5,8-15H,6-7H2. The van der Waals surface area contributed by atoms with Crippen LogP contribution in [0.2, 0.25) is 10.2 Å². The number of fused-ring (bicyclic) bond motifs is 1. The third-order valence-corrected chi connectivity index (χ3v) is 5.20. The first kappa shape index (κ1) is 18.7. The molecule has 138 valence electrons. The van der Waals surface area contributed by atoms with E-state index in [1.54, 1.807) is 30.3 Å². The summed E-state index contributed by atoms with van der Waals surface area (Å²) in [5.74, 6) is -0.0393. The smallest absolute Gasteiger partial charge is 0.193 e. The molecule has 4 heteroatoms. The molecule has 0 atom stereocenters. The summed E-state index contributed by atoms with van der Waals surface area (Å²) in [6.07, 6.45) is 1.72. The van der Waals surface area contributed by atoms with Gasteiger partial charge in [-0.15, -0.1) is 0 Å². The molecular weight excluding hydrogens is 389 g/mol. The van der Waals surface area contributed by atoms with Crippen molar-refractivity contribution >= 4 is 39.9 Å². The lowest BCUT2D eigenvalue weighted by Gasteiger charge is -2.10. The number of carbonyl (C=O) groups is 1. The van der Waals surface area contributed by atoms with Gasteiger partial charge < -0.3 is 0 Å². The Morgan fingerprint density at radius 1 is 0.786 bits per heavy atom. The first-order valence-corrected chi connectivity index (χ1v) is 9.79. The quantitative estimate of drug-likeness (QED) is 0.278. The Morgan fingerprint density at radius 3 is 2.25 bits per heavy atom. The van der Waals surface area contributed by atoms with Crippen LogP contribution in [-0.2, 0) is 12.8 Å². The molecular formula is C24H17Cl2NO. The van der Waals surface area contributed by atoms with Crippen molar-refractivity contribution in [1.29, 1.82) is 0 Å². The maximum Gasteiger partial charge on any atom is 0.193 e. The zero-order chi connectivity index (χ0) is 19.5. The fourth-order valence-corrected chi connectivity index (χ4v) is 3.65. The minimum Gasteiger partial charge on any atom is -0.289 e. The van der Waals surface area contributed by atoms with Crippen molar-refractivity contribution in [3.63, 3.8) is 0 Å². The minimum atomic E-state index is -0.0393. The van der Waals surface area contributed by atoms with Gasteiger partial charge in [-0.1, -0.05) is 53.5 Å². The highest BCUT2D eigenvalue weighted by molar-refractivity contribution is 6.30. The van der Waals surface area contributed by atoms with Gasteiger partial charge in [0.1, 0.15) is 5.15 Å². The third-order valence-electron chi connectivity index (χ3n) is 4.76. The number of benzene rings is 3. The van der Waals surface area contributed by atoms with Gasteiger partial charge in [-0.05, 0) is 72.5 Å². The van der Waals surface area contributed by atoms with E-state index >= 15 is 0 Å². The minimum absolute atomic E-state index is 0.0393. The number of nitrogens with zero attached hydrogens (tertiary/aromatic N) is 1. The predicted molar refractivity (Wildman–Crippen MR) is 115 cm³/mol. The zero-order valence-electron chi connectivity index (χ0n) is 15.0. The average molecular weight is 406 g/mol. The lowest BCUT2D eigenvalue weighted by Crippen LogP contribution is -2.02. The summed E-state index contributed by atoms with van der Waals surface area (Å²) in [5, 5.41) is 2.03. The molecule has 0 N–H and O–H groups in total. The zero-order valence-corrected chi connectivity index (χ0v) is 16.5. The molecule has 0 saturated carbocycles. The topological polar surface area (TPSA) is 30.0 Å². The number of rotatable bonds is 5. The van der Waals surface area contributed by atoms with E-state index in [0.717, 1.165) is 29.3 Å². The molecule has 4 aromatic rings. The molecule has 4 rings (SSSR count). The average Bonchev–Trinajstić information content (AvgIpc) is 2.72. The molecule has 0 saturated heterocycles. The molecule has 0 aliphatic carbocycles. The highest BCUT2D eigenvalue weighted by Crippen LogP contribution is 2.25. The van der Waals surface area contributed by atoms with Crippen LogP contribution in [0.15, 0.2) is 78.9 Å². The number of carbonyl (C=O) groups excluding carboxylic acids is 1. The van der Waals surface area contributed by atoms with Crippen LogP contribution >= 0.6 is 23.2 Å². The maximum atomic E-state index is 12.9. The monoisotopic (exact) mass is 405 g/mol. The molecule has 0 amide bonds. The van der Waals surface area contributed by atoms with Crippen LogP contribution in [-0.4, -0.2) is 10.8 Å². The van der Waals surface area contributed by atoms with E-state index < -0.39 is 0 Å². The Morgan fingerprint density at radius 2 is 1.50 bits per heavy atom. The van der Waals surface area contributed by atoms with E-state index in [1.807, 2.05) is 36.4 Å². The summed E-state index contributed by atoms with van der Waals surface area (Å²) in [6, 6.07) is 24.7. The molecule has 0 aliphatic heterocycles. The molecule has 3 aromatic carbocycles. The van der Waals surface area contributed by atoms with Crippen LogP contribution in [0.1, 0.15) is 27.0 Å². The summed E-state index contributed by atoms with van der Waals surface area (Å²) in [5.41, 5.74) is 4.38. The molecule has 0 aliphatic rings. The van der Waals surface area contributed by atoms with Crippen molar-refractivity contribution in [3.8, 4) is 0 Å². The number of pyridine rings is 1. The van der Waals surface area contributed by atoms with Crippen molar-refractivity contribution in [1.82, 2.24) is 4.98 Å². The van der Waals surface area contributed by atoms with E-state index in [1.165, 1.54) is 5.56 Å². The van der Waals surface area contributed by atoms with E-state index in [2.05, 4.69) is 17.1 Å². The summed E-state index contributed by atoms with van der Waals surface area (Å²) in [7, 11) is 0. The van der Waals surface area contributed by atoms with Crippen LogP contribution in [0.25, 0.3) is 10.9 Å². The van der Waals surface area contributed by atoms with Crippen molar-refractivity contribution in [3.05, 3.63) is 111 Å². The molecule has 1 heterocycles. The number of aromatic nitrogens is 1. The maximum absolute atomic E-state index is 12.9. The Bertz CT molecular complexity index is 1140. The second kappa shape index (κ2) is 8.14. The van der Waals surface area contributed by atoms with Crippen LogP contribution in [0.4, 0.5) is 0 Å². The molecule has 0 spiro atoms. The predicted octanol–water partition coefficient (Wildman–Crippen LogP) is 6.56. The van der Waals surface area contributed by atoms with Crippen molar-refractivity contribution in [2.24, 2.45) is 0 Å². The van der Waals surface area contributed by atoms with Gasteiger partial charge in [0.05, 0.1) is 5.52 Å². The molecule has 28 heavy (non-hydrogen) atoms. The van der Waals surface area contributed by atoms with Gasteiger partial charge in [0.15, 0.2) is 5.78 Å². The number of hydrogen-bond acceptors (Lipinski definition) is 2. The van der Waals surface area contributed by atoms with Crippen molar-refractivity contribution < 1.29 is 4.79 Å². The summed E-state index contributed by atoms with van der Waals surface area (Å²) >= 11 is 12.2. The fraction of sp³-hybridized carbons (Fsp3) is 0.0833. The van der Waals surface area contributed by atoms with E-state index in [0.29, 0.717) is 21.3 Å². The second-order valence-corrected chi connectivity index (χ2v) is 7.48. The van der Waals surface area contributed by atoms with E-state index in [9.17, 15) is 4.79 Å². The number of hydrogen-bond donors (Lipinski definition) is 0. The molecule has 0 fully saturated rings. The fourth-order valence-electron chi connectivity index (χ4n) is 3.30. The first-order chi connectivity index (χ1) is 13.6. The lowest BCUT2D eigenvalue weighted by atomic mass is 9.97. The highest BCUT2D eigenvalue weighted by Gasteiger charge is 2.12. The van der Waals surface area contributed by atoms with Crippen LogP contribution in [0.3, 0.4) is 0 Å². The van der Waals surface area contributed by atoms with E-state index in [4.69, 9.17) is 23.2 Å². The normalized spacial score (nSPS) is 10.9. The molecule has 0 radical (unpaired) electrons. The number of halogens is 2. The van der Waals surface area contributed by atoms with Crippen LogP contribution in [0, 0.1) is 0 Å². The lowest BCUT2D eigenvalue weighted by molar-refractivity contribution is 0.103. The van der Waals surface area contributed by atoms with Gasteiger partial charge in [0.25, 0.3) is 0 Å². The number of ketones is 1. The second-order valence-electron chi connectivity index (χ2n) is 6.66. The highest BCUT2D eigenvalue weighted by atomic mass is 35.5. The molecule has 0 unspecified atom stereocenters.